The number of fused-ring (bicyclic) bond motifs is 1. The first-order valence-corrected chi connectivity index (χ1v) is 12.7. The number of rotatable bonds is 7. The Morgan fingerprint density at radius 3 is 2.50 bits per heavy atom. The van der Waals surface area contributed by atoms with Gasteiger partial charge in [-0.1, -0.05) is 47.7 Å². The first-order valence-electron chi connectivity index (χ1n) is 10.4. The van der Waals surface area contributed by atoms with Crippen molar-refractivity contribution in [2.24, 2.45) is 4.99 Å². The normalized spacial score (nSPS) is 12.0. The number of aromatic nitrogens is 1. The summed E-state index contributed by atoms with van der Waals surface area (Å²) in [4.78, 5) is 29.8. The third-order valence-electron chi connectivity index (χ3n) is 4.79. The van der Waals surface area contributed by atoms with E-state index < -0.39 is 21.9 Å². The molecule has 0 spiro atoms. The number of ether oxygens (including phenoxy) is 1. The van der Waals surface area contributed by atoms with Crippen molar-refractivity contribution in [3.8, 4) is 0 Å². The van der Waals surface area contributed by atoms with Gasteiger partial charge in [0.25, 0.3) is 15.9 Å². The molecular weight excluding hydrogens is 474 g/mol. The topological polar surface area (TPSA) is 107 Å². The first kappa shape index (κ1) is 23.4. The molecule has 0 radical (unpaired) electrons. The van der Waals surface area contributed by atoms with Crippen LogP contribution in [0.2, 0.25) is 0 Å². The minimum Gasteiger partial charge on any atom is -0.465 e. The Morgan fingerprint density at radius 2 is 1.74 bits per heavy atom. The maximum atomic E-state index is 13.0. The highest BCUT2D eigenvalue weighted by molar-refractivity contribution is 7.92. The van der Waals surface area contributed by atoms with Crippen LogP contribution >= 0.6 is 11.3 Å². The number of hydrogen-bond donors (Lipinski definition) is 1. The molecule has 0 unspecified atom stereocenters. The van der Waals surface area contributed by atoms with E-state index >= 15 is 0 Å². The molecule has 0 aliphatic rings. The van der Waals surface area contributed by atoms with E-state index in [0.29, 0.717) is 4.80 Å². The van der Waals surface area contributed by atoms with Crippen LogP contribution in [-0.4, -0.2) is 31.5 Å². The van der Waals surface area contributed by atoms with Crippen molar-refractivity contribution in [3.05, 3.63) is 89.2 Å². The Hall–Kier alpha value is -3.76. The number of carbonyl (C=O) groups excluding carboxylic acids is 2. The molecule has 0 saturated heterocycles. The third-order valence-corrected chi connectivity index (χ3v) is 7.25. The Kier molecular flexibility index (Phi) is 6.90. The van der Waals surface area contributed by atoms with Crippen molar-refractivity contribution in [2.45, 2.75) is 18.4 Å². The van der Waals surface area contributed by atoms with Crippen LogP contribution in [0.3, 0.4) is 0 Å². The van der Waals surface area contributed by atoms with E-state index in [1.54, 1.807) is 47.9 Å². The molecule has 0 fully saturated rings. The molecule has 4 aromatic rings. The lowest BCUT2D eigenvalue weighted by Gasteiger charge is -2.08. The number of esters is 1. The number of anilines is 1. The lowest BCUT2D eigenvalue weighted by molar-refractivity contribution is -0.143. The Bertz CT molecular complexity index is 1520. The summed E-state index contributed by atoms with van der Waals surface area (Å²) in [6, 6.07) is 21.5. The van der Waals surface area contributed by atoms with Crippen LogP contribution in [0.4, 0.5) is 5.69 Å². The SMILES string of the molecule is CCOC(=O)Cn1c(=NC(=O)c2cccc(NS(=O)(=O)c3ccccc3)c2)sc2ccccc21. The fraction of sp³-hybridized carbons (Fsp3) is 0.125. The summed E-state index contributed by atoms with van der Waals surface area (Å²) >= 11 is 1.27. The van der Waals surface area contributed by atoms with Gasteiger partial charge in [0.1, 0.15) is 6.54 Å². The minimum atomic E-state index is -3.80. The van der Waals surface area contributed by atoms with Crippen LogP contribution in [0.25, 0.3) is 10.2 Å². The predicted molar refractivity (Wildman–Crippen MR) is 130 cm³/mol. The summed E-state index contributed by atoms with van der Waals surface area (Å²) in [5.74, 6) is -0.998. The van der Waals surface area contributed by atoms with Crippen LogP contribution in [0.1, 0.15) is 17.3 Å². The minimum absolute atomic E-state index is 0.0825. The molecule has 0 aliphatic carbocycles. The van der Waals surface area contributed by atoms with E-state index in [0.717, 1.165) is 10.2 Å². The van der Waals surface area contributed by atoms with Crippen molar-refractivity contribution in [2.75, 3.05) is 11.3 Å². The summed E-state index contributed by atoms with van der Waals surface area (Å²) in [6.45, 7) is 1.89. The van der Waals surface area contributed by atoms with Gasteiger partial charge in [0, 0.05) is 11.3 Å². The molecule has 4 rings (SSSR count). The quantitative estimate of drug-likeness (QED) is 0.393. The Morgan fingerprint density at radius 1 is 1.00 bits per heavy atom. The monoisotopic (exact) mass is 495 g/mol. The highest BCUT2D eigenvalue weighted by Gasteiger charge is 2.16. The number of benzene rings is 3. The van der Waals surface area contributed by atoms with E-state index in [1.807, 2.05) is 24.3 Å². The van der Waals surface area contributed by atoms with Gasteiger partial charge in [-0.05, 0) is 49.4 Å². The summed E-state index contributed by atoms with van der Waals surface area (Å²) < 4.78 is 35.3. The van der Waals surface area contributed by atoms with Crippen LogP contribution in [0, 0.1) is 0 Å². The molecule has 0 bridgehead atoms. The highest BCUT2D eigenvalue weighted by atomic mass is 32.2. The first-order chi connectivity index (χ1) is 16.4. The predicted octanol–water partition coefficient (Wildman–Crippen LogP) is 3.81. The number of carbonyl (C=O) groups is 2. The largest absolute Gasteiger partial charge is 0.465 e. The zero-order valence-electron chi connectivity index (χ0n) is 18.2. The molecule has 174 valence electrons. The van der Waals surface area contributed by atoms with Gasteiger partial charge in [0.05, 0.1) is 21.7 Å². The van der Waals surface area contributed by atoms with E-state index in [1.165, 1.54) is 29.5 Å². The van der Waals surface area contributed by atoms with Crippen molar-refractivity contribution >= 4 is 49.1 Å². The molecule has 1 aromatic heterocycles. The van der Waals surface area contributed by atoms with Crippen molar-refractivity contribution in [1.29, 1.82) is 0 Å². The number of amides is 1. The molecule has 0 saturated carbocycles. The second kappa shape index (κ2) is 10.0. The number of hydrogen-bond acceptors (Lipinski definition) is 6. The molecular formula is C24H21N3O5S2. The number of thiazole rings is 1. The van der Waals surface area contributed by atoms with Crippen molar-refractivity contribution in [1.82, 2.24) is 4.57 Å². The average molecular weight is 496 g/mol. The van der Waals surface area contributed by atoms with Crippen LogP contribution in [0.5, 0.6) is 0 Å². The standard InChI is InChI=1S/C24H21N3O5S2/c1-2-32-22(28)16-27-20-13-6-7-14-21(20)33-24(27)25-23(29)17-9-8-10-18(15-17)26-34(30,31)19-11-4-3-5-12-19/h3-15,26H,2,16H2,1H3. The average Bonchev–Trinajstić information content (AvgIpc) is 3.16. The molecule has 8 nitrogen and oxygen atoms in total. The van der Waals surface area contributed by atoms with Crippen molar-refractivity contribution in [3.63, 3.8) is 0 Å². The van der Waals surface area contributed by atoms with Crippen LogP contribution in [0.15, 0.2) is 88.8 Å². The molecule has 0 aliphatic heterocycles. The lowest BCUT2D eigenvalue weighted by atomic mass is 10.2. The maximum Gasteiger partial charge on any atom is 0.326 e. The maximum absolute atomic E-state index is 13.0. The fourth-order valence-corrected chi connectivity index (χ4v) is 5.37. The molecule has 1 N–H and O–H groups in total. The smallest absolute Gasteiger partial charge is 0.326 e. The molecule has 0 atom stereocenters. The summed E-state index contributed by atoms with van der Waals surface area (Å²) in [7, 11) is -3.80. The van der Waals surface area contributed by atoms with Crippen LogP contribution < -0.4 is 9.52 Å². The van der Waals surface area contributed by atoms with Crippen molar-refractivity contribution < 1.29 is 22.7 Å². The Balaban J connectivity index is 1.67. The van der Waals surface area contributed by atoms with Gasteiger partial charge >= 0.3 is 5.97 Å². The summed E-state index contributed by atoms with van der Waals surface area (Å²) in [5, 5.41) is 0. The van der Waals surface area contributed by atoms with E-state index in [9.17, 15) is 18.0 Å². The van der Waals surface area contributed by atoms with Gasteiger partial charge in [-0.15, -0.1) is 0 Å². The van der Waals surface area contributed by atoms with Crippen LogP contribution in [-0.2, 0) is 26.1 Å². The molecule has 34 heavy (non-hydrogen) atoms. The molecule has 3 aromatic carbocycles. The highest BCUT2D eigenvalue weighted by Crippen LogP contribution is 2.19. The second-order valence-corrected chi connectivity index (χ2v) is 9.85. The molecule has 1 amide bonds. The summed E-state index contributed by atoms with van der Waals surface area (Å²) in [6.07, 6.45) is 0. The number of sulfonamides is 1. The fourth-order valence-electron chi connectivity index (χ4n) is 3.28. The van der Waals surface area contributed by atoms with Gasteiger partial charge < -0.3 is 9.30 Å². The zero-order valence-corrected chi connectivity index (χ0v) is 19.8. The van der Waals surface area contributed by atoms with Gasteiger partial charge in [-0.2, -0.15) is 4.99 Å². The van der Waals surface area contributed by atoms with E-state index in [4.69, 9.17) is 4.74 Å². The lowest BCUT2D eigenvalue weighted by Crippen LogP contribution is -2.23. The molecule has 1 heterocycles. The van der Waals surface area contributed by atoms with E-state index in [2.05, 4.69) is 9.71 Å². The number of para-hydroxylation sites is 1. The Labute approximate surface area is 200 Å². The van der Waals surface area contributed by atoms with Gasteiger partial charge in [-0.3, -0.25) is 14.3 Å². The zero-order chi connectivity index (χ0) is 24.1. The second-order valence-electron chi connectivity index (χ2n) is 7.16. The van der Waals surface area contributed by atoms with Gasteiger partial charge in [0.15, 0.2) is 4.80 Å². The van der Waals surface area contributed by atoms with E-state index in [-0.39, 0.29) is 29.3 Å². The third kappa shape index (κ3) is 5.24. The summed E-state index contributed by atoms with van der Waals surface area (Å²) in [5.41, 5.74) is 1.20. The number of nitrogens with zero attached hydrogens (tertiary/aromatic N) is 2. The van der Waals surface area contributed by atoms with Gasteiger partial charge in [0.2, 0.25) is 0 Å². The molecule has 10 heteroatoms. The number of nitrogens with one attached hydrogen (secondary N) is 1. The van der Waals surface area contributed by atoms with Gasteiger partial charge in [-0.25, -0.2) is 8.42 Å².